The molecule has 0 aliphatic rings. The van der Waals surface area contributed by atoms with Gasteiger partial charge in [0.15, 0.2) is 5.82 Å². The number of rotatable bonds is 6. The minimum absolute atomic E-state index is 0.0198. The Hall–Kier alpha value is -2.65. The monoisotopic (exact) mass is 352 g/mol. The number of hydrogen-bond acceptors (Lipinski definition) is 6. The van der Waals surface area contributed by atoms with Crippen LogP contribution in [0.2, 0.25) is 5.02 Å². The fourth-order valence-corrected chi connectivity index (χ4v) is 1.79. The van der Waals surface area contributed by atoms with Crippen LogP contribution in [-0.2, 0) is 0 Å². The molecule has 9 nitrogen and oxygen atoms in total. The largest absolute Gasteiger partial charge is 0.475 e. The van der Waals surface area contributed by atoms with Gasteiger partial charge >= 0.3 is 6.03 Å². The van der Waals surface area contributed by atoms with Crippen molar-refractivity contribution >= 4 is 29.1 Å². The number of ether oxygens (including phenoxy) is 1. The molecule has 0 saturated heterocycles. The highest BCUT2D eigenvalue weighted by Gasteiger charge is 2.08. The summed E-state index contributed by atoms with van der Waals surface area (Å²) in [6, 6.07) is 0.689. The molecule has 2 aromatic rings. The SMILES string of the molecule is CN(C)CCOc1cncc(NC(=O)Nc2cc(Cl)c[nH]c2=O)n1. The molecule has 128 valence electrons. The number of nitrogens with zero attached hydrogens (tertiary/aromatic N) is 3. The number of nitrogens with one attached hydrogen (secondary N) is 3. The number of H-pyrrole nitrogens is 1. The second-order valence-electron chi connectivity index (χ2n) is 5.03. The summed E-state index contributed by atoms with van der Waals surface area (Å²) in [5, 5.41) is 5.14. The second-order valence-corrected chi connectivity index (χ2v) is 5.47. The van der Waals surface area contributed by atoms with E-state index in [1.165, 1.54) is 24.7 Å². The van der Waals surface area contributed by atoms with Crippen molar-refractivity contribution in [2.24, 2.45) is 0 Å². The second kappa shape index (κ2) is 8.27. The van der Waals surface area contributed by atoms with E-state index in [4.69, 9.17) is 16.3 Å². The number of hydrogen-bond donors (Lipinski definition) is 3. The zero-order valence-corrected chi connectivity index (χ0v) is 13.9. The van der Waals surface area contributed by atoms with Gasteiger partial charge in [0.1, 0.15) is 12.3 Å². The molecule has 10 heteroatoms. The topological polar surface area (TPSA) is 112 Å². The summed E-state index contributed by atoms with van der Waals surface area (Å²) >= 11 is 5.77. The van der Waals surface area contributed by atoms with Gasteiger partial charge in [-0.15, -0.1) is 0 Å². The minimum atomic E-state index is -0.650. The normalized spacial score (nSPS) is 10.5. The van der Waals surface area contributed by atoms with Crippen molar-refractivity contribution in [2.45, 2.75) is 0 Å². The Morgan fingerprint density at radius 2 is 2.17 bits per heavy atom. The molecule has 2 amide bonds. The van der Waals surface area contributed by atoms with E-state index in [1.54, 1.807) is 0 Å². The average molecular weight is 353 g/mol. The van der Waals surface area contributed by atoms with Gasteiger partial charge in [0, 0.05) is 12.7 Å². The van der Waals surface area contributed by atoms with Crippen molar-refractivity contribution in [3.8, 4) is 5.88 Å². The van der Waals surface area contributed by atoms with Crippen LogP contribution < -0.4 is 20.9 Å². The molecular formula is C14H17ClN6O3. The smallest absolute Gasteiger partial charge is 0.325 e. The molecule has 0 aliphatic heterocycles. The molecule has 3 N–H and O–H groups in total. The van der Waals surface area contributed by atoms with Gasteiger partial charge in [-0.1, -0.05) is 11.6 Å². The molecule has 0 aliphatic carbocycles. The zero-order chi connectivity index (χ0) is 17.5. The number of likely N-dealkylation sites (N-methyl/N-ethyl adjacent to an activating group) is 1. The third-order valence-corrected chi connectivity index (χ3v) is 2.98. The number of amides is 2. The van der Waals surface area contributed by atoms with Crippen LogP contribution in [-0.4, -0.2) is 53.1 Å². The lowest BCUT2D eigenvalue weighted by Crippen LogP contribution is -2.24. The number of aromatic amines is 1. The molecule has 2 rings (SSSR count). The average Bonchev–Trinajstić information content (AvgIpc) is 2.51. The summed E-state index contributed by atoms with van der Waals surface area (Å²) in [6.07, 6.45) is 4.13. The Morgan fingerprint density at radius 1 is 1.38 bits per heavy atom. The summed E-state index contributed by atoms with van der Waals surface area (Å²) in [6.45, 7) is 1.16. The first-order valence-electron chi connectivity index (χ1n) is 7.00. The van der Waals surface area contributed by atoms with E-state index in [9.17, 15) is 9.59 Å². The van der Waals surface area contributed by atoms with Crippen LogP contribution in [0, 0.1) is 0 Å². The third kappa shape index (κ3) is 5.52. The van der Waals surface area contributed by atoms with E-state index in [1.807, 2.05) is 19.0 Å². The van der Waals surface area contributed by atoms with Gasteiger partial charge in [0.2, 0.25) is 5.88 Å². The van der Waals surface area contributed by atoms with Gasteiger partial charge < -0.3 is 19.9 Å². The van der Waals surface area contributed by atoms with Crippen LogP contribution in [0.4, 0.5) is 16.3 Å². The maximum atomic E-state index is 11.9. The molecule has 2 aromatic heterocycles. The highest BCUT2D eigenvalue weighted by Crippen LogP contribution is 2.11. The van der Waals surface area contributed by atoms with Crippen molar-refractivity contribution in [2.75, 3.05) is 37.9 Å². The zero-order valence-electron chi connectivity index (χ0n) is 13.2. The number of anilines is 2. The summed E-state index contributed by atoms with van der Waals surface area (Å²) in [5.41, 5.74) is -0.451. The lowest BCUT2D eigenvalue weighted by molar-refractivity contribution is 0.253. The molecule has 0 fully saturated rings. The Bertz CT molecular complexity index is 764. The van der Waals surface area contributed by atoms with Crippen LogP contribution in [0.25, 0.3) is 0 Å². The van der Waals surface area contributed by atoms with Crippen LogP contribution in [0.1, 0.15) is 0 Å². The summed E-state index contributed by atoms with van der Waals surface area (Å²) in [4.78, 5) is 35.9. The van der Waals surface area contributed by atoms with Gasteiger partial charge in [-0.3, -0.25) is 15.1 Å². The first-order valence-corrected chi connectivity index (χ1v) is 7.37. The Morgan fingerprint density at radius 3 is 2.92 bits per heavy atom. The Balaban J connectivity index is 1.96. The predicted octanol–water partition coefficient (Wildman–Crippen LogP) is 1.40. The Kier molecular flexibility index (Phi) is 6.10. The van der Waals surface area contributed by atoms with E-state index < -0.39 is 11.6 Å². The molecule has 0 atom stereocenters. The lowest BCUT2D eigenvalue weighted by Gasteiger charge is -2.11. The van der Waals surface area contributed by atoms with Crippen molar-refractivity contribution in [3.63, 3.8) is 0 Å². The van der Waals surface area contributed by atoms with Gasteiger partial charge in [0.25, 0.3) is 5.56 Å². The van der Waals surface area contributed by atoms with E-state index in [-0.39, 0.29) is 17.4 Å². The highest BCUT2D eigenvalue weighted by atomic mass is 35.5. The van der Waals surface area contributed by atoms with Crippen molar-refractivity contribution < 1.29 is 9.53 Å². The first-order chi connectivity index (χ1) is 11.4. The van der Waals surface area contributed by atoms with Gasteiger partial charge in [-0.2, -0.15) is 4.98 Å². The molecule has 2 heterocycles. The maximum Gasteiger partial charge on any atom is 0.325 e. The van der Waals surface area contributed by atoms with E-state index in [2.05, 4.69) is 25.6 Å². The van der Waals surface area contributed by atoms with Crippen LogP contribution in [0.15, 0.2) is 29.5 Å². The lowest BCUT2D eigenvalue weighted by atomic mass is 10.4. The van der Waals surface area contributed by atoms with Gasteiger partial charge in [-0.05, 0) is 20.2 Å². The number of carbonyl (C=O) groups excluding carboxylic acids is 1. The third-order valence-electron chi connectivity index (χ3n) is 2.76. The Labute approximate surface area is 143 Å². The minimum Gasteiger partial charge on any atom is -0.475 e. The number of aromatic nitrogens is 3. The standard InChI is InChI=1S/C14H17ClN6O3/c1-21(2)3-4-24-12-8-16-7-11(19-12)20-14(23)18-10-5-9(15)6-17-13(10)22/h5-8H,3-4H2,1-2H3,(H,17,22)(H2,18,19,20,23). The summed E-state index contributed by atoms with van der Waals surface area (Å²) in [7, 11) is 3.85. The maximum absolute atomic E-state index is 11.9. The van der Waals surface area contributed by atoms with Crippen LogP contribution >= 0.6 is 11.6 Å². The molecule has 0 unspecified atom stereocenters. The number of halogens is 1. The molecule has 0 saturated carbocycles. The molecule has 0 bridgehead atoms. The molecular weight excluding hydrogens is 336 g/mol. The molecule has 0 spiro atoms. The number of urea groups is 1. The van der Waals surface area contributed by atoms with E-state index >= 15 is 0 Å². The molecule has 0 radical (unpaired) electrons. The van der Waals surface area contributed by atoms with Crippen molar-refractivity contribution in [3.05, 3.63) is 40.0 Å². The number of pyridine rings is 1. The predicted molar refractivity (Wildman–Crippen MR) is 90.8 cm³/mol. The molecule has 0 aromatic carbocycles. The van der Waals surface area contributed by atoms with Crippen molar-refractivity contribution in [1.29, 1.82) is 0 Å². The highest BCUT2D eigenvalue weighted by molar-refractivity contribution is 6.30. The van der Waals surface area contributed by atoms with E-state index in [0.717, 1.165) is 6.54 Å². The van der Waals surface area contributed by atoms with Crippen LogP contribution in [0.5, 0.6) is 5.88 Å². The number of carbonyl (C=O) groups is 1. The van der Waals surface area contributed by atoms with Gasteiger partial charge in [-0.25, -0.2) is 4.79 Å². The fourth-order valence-electron chi connectivity index (χ4n) is 1.63. The molecule has 24 heavy (non-hydrogen) atoms. The summed E-state index contributed by atoms with van der Waals surface area (Å²) < 4.78 is 5.43. The summed E-state index contributed by atoms with van der Waals surface area (Å²) in [5.74, 6) is 0.476. The van der Waals surface area contributed by atoms with Crippen molar-refractivity contribution in [1.82, 2.24) is 19.9 Å². The quantitative estimate of drug-likeness (QED) is 0.724. The fraction of sp³-hybridized carbons (Fsp3) is 0.286. The van der Waals surface area contributed by atoms with Crippen LogP contribution in [0.3, 0.4) is 0 Å². The first kappa shape index (κ1) is 17.7. The van der Waals surface area contributed by atoms with E-state index in [0.29, 0.717) is 11.6 Å². The van der Waals surface area contributed by atoms with Gasteiger partial charge in [0.05, 0.1) is 17.4 Å².